The second-order valence-corrected chi connectivity index (χ2v) is 10.9. The van der Waals surface area contributed by atoms with E-state index in [2.05, 4.69) is 5.32 Å². The predicted molar refractivity (Wildman–Crippen MR) is 136 cm³/mol. The van der Waals surface area contributed by atoms with Gasteiger partial charge in [-0.1, -0.05) is 44.2 Å². The average Bonchev–Trinajstić information content (AvgIpc) is 3.27. The molecule has 8 heteroatoms. The van der Waals surface area contributed by atoms with Gasteiger partial charge in [-0.3, -0.25) is 14.4 Å². The summed E-state index contributed by atoms with van der Waals surface area (Å²) in [6.45, 7) is 7.46. The quantitative estimate of drug-likeness (QED) is 0.610. The Bertz CT molecular complexity index is 1170. The number of nitrogens with zero attached hydrogens (tertiary/aromatic N) is 2. The first-order chi connectivity index (χ1) is 17.5. The van der Waals surface area contributed by atoms with Crippen LogP contribution in [0.4, 0.5) is 8.78 Å². The molecule has 0 spiro atoms. The van der Waals surface area contributed by atoms with Gasteiger partial charge in [0, 0.05) is 24.7 Å². The Morgan fingerprint density at radius 1 is 1.05 bits per heavy atom. The van der Waals surface area contributed by atoms with Crippen LogP contribution in [0.5, 0.6) is 0 Å². The molecule has 2 aliphatic rings. The van der Waals surface area contributed by atoms with Gasteiger partial charge in [0.25, 0.3) is 0 Å². The van der Waals surface area contributed by atoms with Gasteiger partial charge in [-0.25, -0.2) is 8.78 Å². The zero-order valence-corrected chi connectivity index (χ0v) is 22.0. The van der Waals surface area contributed by atoms with Crippen LogP contribution in [0.3, 0.4) is 0 Å². The van der Waals surface area contributed by atoms with Gasteiger partial charge in [0.2, 0.25) is 17.7 Å². The minimum atomic E-state index is -1.40. The van der Waals surface area contributed by atoms with Crippen LogP contribution >= 0.6 is 0 Å². The lowest BCUT2D eigenvalue weighted by atomic mass is 9.87. The van der Waals surface area contributed by atoms with Crippen LogP contribution < -0.4 is 5.32 Å². The molecule has 1 unspecified atom stereocenters. The first kappa shape index (κ1) is 26.8. The van der Waals surface area contributed by atoms with Gasteiger partial charge in [-0.15, -0.1) is 0 Å². The molecular weight excluding hydrogens is 476 g/mol. The second kappa shape index (κ2) is 10.6. The van der Waals surface area contributed by atoms with Crippen LogP contribution in [0.1, 0.15) is 56.8 Å². The lowest BCUT2D eigenvalue weighted by Crippen LogP contribution is -2.67. The van der Waals surface area contributed by atoms with Gasteiger partial charge < -0.3 is 15.1 Å². The smallest absolute Gasteiger partial charge is 0.250 e. The van der Waals surface area contributed by atoms with Gasteiger partial charge in [0.1, 0.15) is 29.8 Å². The third-order valence-electron chi connectivity index (χ3n) is 7.60. The maximum Gasteiger partial charge on any atom is 0.250 e. The fourth-order valence-electron chi connectivity index (χ4n) is 5.45. The Morgan fingerprint density at radius 3 is 2.22 bits per heavy atom. The van der Waals surface area contributed by atoms with Crippen LogP contribution in [0, 0.1) is 23.5 Å². The van der Waals surface area contributed by atoms with E-state index in [1.165, 1.54) is 15.9 Å². The molecule has 1 saturated heterocycles. The number of hydrogen-bond donors (Lipinski definition) is 1. The highest BCUT2D eigenvalue weighted by Crippen LogP contribution is 2.36. The summed E-state index contributed by atoms with van der Waals surface area (Å²) in [5.74, 6) is -3.17. The van der Waals surface area contributed by atoms with Crippen molar-refractivity contribution in [2.45, 2.75) is 71.1 Å². The van der Waals surface area contributed by atoms with Crippen molar-refractivity contribution in [3.63, 3.8) is 0 Å². The van der Waals surface area contributed by atoms with Crippen LogP contribution in [-0.4, -0.2) is 52.7 Å². The first-order valence-electron chi connectivity index (χ1n) is 12.9. The molecule has 0 radical (unpaired) electrons. The molecular formula is C29H35F2N3O3. The van der Waals surface area contributed by atoms with Crippen molar-refractivity contribution in [3.8, 4) is 0 Å². The third-order valence-corrected chi connectivity index (χ3v) is 7.60. The first-order valence-corrected chi connectivity index (χ1v) is 12.9. The van der Waals surface area contributed by atoms with E-state index in [4.69, 9.17) is 0 Å². The van der Waals surface area contributed by atoms with Gasteiger partial charge in [-0.05, 0) is 62.1 Å². The van der Waals surface area contributed by atoms with E-state index < -0.39 is 41.6 Å². The Hall–Kier alpha value is -3.29. The number of likely N-dealkylation sites (N-methyl/N-ethyl adjacent to an activating group) is 1. The number of carbonyl (C=O) groups is 3. The van der Waals surface area contributed by atoms with Gasteiger partial charge in [0.15, 0.2) is 0 Å². The highest BCUT2D eigenvalue weighted by molar-refractivity contribution is 6.00. The molecule has 1 aliphatic carbocycles. The largest absolute Gasteiger partial charge is 0.342 e. The summed E-state index contributed by atoms with van der Waals surface area (Å²) < 4.78 is 29.1. The summed E-state index contributed by atoms with van der Waals surface area (Å²) in [5.41, 5.74) is 2.13. The maximum atomic E-state index is 15.2. The Balaban J connectivity index is 1.81. The zero-order valence-electron chi connectivity index (χ0n) is 22.0. The molecule has 37 heavy (non-hydrogen) atoms. The molecule has 1 aliphatic heterocycles. The lowest BCUT2D eigenvalue weighted by molar-refractivity contribution is -0.160. The van der Waals surface area contributed by atoms with Gasteiger partial charge in [-0.2, -0.15) is 0 Å². The highest BCUT2D eigenvalue weighted by atomic mass is 19.1. The fourth-order valence-corrected chi connectivity index (χ4v) is 5.45. The summed E-state index contributed by atoms with van der Waals surface area (Å²) >= 11 is 0. The van der Waals surface area contributed by atoms with Gasteiger partial charge in [0.05, 0.1) is 0 Å². The molecule has 1 fully saturated rings. The third kappa shape index (κ3) is 5.24. The minimum Gasteiger partial charge on any atom is -0.342 e. The van der Waals surface area contributed by atoms with Crippen LogP contribution in [-0.2, 0) is 27.2 Å². The van der Waals surface area contributed by atoms with E-state index >= 15 is 4.39 Å². The number of fused-ring (bicyclic) bond motifs is 1. The molecule has 1 N–H and O–H groups in total. The topological polar surface area (TPSA) is 69.7 Å². The molecule has 0 aromatic heterocycles. The van der Waals surface area contributed by atoms with Crippen LogP contribution in [0.15, 0.2) is 42.5 Å². The molecule has 198 valence electrons. The maximum absolute atomic E-state index is 15.2. The molecule has 0 saturated carbocycles. The van der Waals surface area contributed by atoms with Crippen LogP contribution in [0.2, 0.25) is 0 Å². The number of halogens is 2. The monoisotopic (exact) mass is 511 g/mol. The summed E-state index contributed by atoms with van der Waals surface area (Å²) in [7, 11) is 1.58. The van der Waals surface area contributed by atoms with Crippen molar-refractivity contribution >= 4 is 17.7 Å². The summed E-state index contributed by atoms with van der Waals surface area (Å²) in [5, 5.41) is 2.94. The van der Waals surface area contributed by atoms with E-state index in [9.17, 15) is 18.8 Å². The average molecular weight is 512 g/mol. The predicted octanol–water partition coefficient (Wildman–Crippen LogP) is 4.03. The molecule has 6 nitrogen and oxygen atoms in total. The van der Waals surface area contributed by atoms with Crippen molar-refractivity contribution in [1.29, 1.82) is 0 Å². The number of hydrogen-bond acceptors (Lipinski definition) is 3. The van der Waals surface area contributed by atoms with E-state index in [0.717, 1.165) is 17.2 Å². The molecule has 0 bridgehead atoms. The molecule has 2 aromatic carbocycles. The van der Waals surface area contributed by atoms with Gasteiger partial charge >= 0.3 is 0 Å². The molecule has 4 rings (SSSR count). The number of nitrogens with one attached hydrogen (secondary N) is 1. The highest BCUT2D eigenvalue weighted by Gasteiger charge is 2.50. The number of piperazine rings is 1. The zero-order chi connectivity index (χ0) is 27.0. The van der Waals surface area contributed by atoms with Crippen molar-refractivity contribution in [1.82, 2.24) is 15.1 Å². The van der Waals surface area contributed by atoms with Crippen molar-refractivity contribution in [2.75, 3.05) is 7.05 Å². The van der Waals surface area contributed by atoms with E-state index in [1.807, 2.05) is 52.0 Å². The number of amides is 3. The SMILES string of the molecule is CC(C)C[C@@H]1C(=O)NC(C2Cc3ccccc3C2)C(=O)N1[C@@H](C(=O)N(C)C(C)C)c1ccc(F)cc1F. The number of rotatable bonds is 7. The Labute approximate surface area is 217 Å². The second-order valence-electron chi connectivity index (χ2n) is 10.9. The summed E-state index contributed by atoms with van der Waals surface area (Å²) in [6, 6.07) is 7.45. The van der Waals surface area contributed by atoms with E-state index in [0.29, 0.717) is 25.3 Å². The Morgan fingerprint density at radius 2 is 1.68 bits per heavy atom. The lowest BCUT2D eigenvalue weighted by Gasteiger charge is -2.45. The summed E-state index contributed by atoms with van der Waals surface area (Å²) in [4.78, 5) is 44.3. The molecule has 2 aromatic rings. The fraction of sp³-hybridized carbons (Fsp3) is 0.483. The normalized spacial score (nSPS) is 20.8. The van der Waals surface area contributed by atoms with Crippen molar-refractivity contribution < 1.29 is 23.2 Å². The Kier molecular flexibility index (Phi) is 7.67. The summed E-state index contributed by atoms with van der Waals surface area (Å²) in [6.07, 6.45) is 1.53. The molecule has 3 amide bonds. The van der Waals surface area contributed by atoms with Crippen molar-refractivity contribution in [3.05, 3.63) is 70.8 Å². The van der Waals surface area contributed by atoms with E-state index in [-0.39, 0.29) is 29.3 Å². The molecule has 3 atom stereocenters. The molecule has 1 heterocycles. The number of carbonyl (C=O) groups excluding carboxylic acids is 3. The minimum absolute atomic E-state index is 0.0231. The van der Waals surface area contributed by atoms with E-state index in [1.54, 1.807) is 7.05 Å². The van der Waals surface area contributed by atoms with Crippen LogP contribution in [0.25, 0.3) is 0 Å². The standard InChI is InChI=1S/C29H35F2N3O3/c1-16(2)12-24-27(35)32-25(20-13-18-8-6-7-9-19(18)14-20)28(36)34(24)26(29(37)33(5)17(3)4)22-11-10-21(30)15-23(22)31/h6-11,15-17,20,24-26H,12-14H2,1-5H3,(H,32,35)/t24-,25?,26-/m1/s1. The van der Waals surface area contributed by atoms with Crippen molar-refractivity contribution in [2.24, 2.45) is 11.8 Å². The number of benzene rings is 2.